The molecule has 1 rings (SSSR count). The van der Waals surface area contributed by atoms with Crippen LogP contribution in [0.1, 0.15) is 24.8 Å². The second-order valence-corrected chi connectivity index (χ2v) is 3.79. The smallest absolute Gasteiger partial charge is 0.219 e. The average Bonchev–Trinajstić information content (AvgIpc) is 2.31. The van der Waals surface area contributed by atoms with Gasteiger partial charge in [0.15, 0.2) is 0 Å². The minimum atomic E-state index is 0.0929. The third-order valence-corrected chi connectivity index (χ3v) is 2.37. The van der Waals surface area contributed by atoms with Crippen LogP contribution in [0.15, 0.2) is 24.3 Å². The highest BCUT2D eigenvalue weighted by Gasteiger charge is 1.98. The first-order valence-corrected chi connectivity index (χ1v) is 5.62. The Labute approximate surface area is 96.8 Å². The fourth-order valence-corrected chi connectivity index (χ4v) is 1.34. The van der Waals surface area contributed by atoms with Crippen molar-refractivity contribution in [1.29, 1.82) is 0 Å². The van der Waals surface area contributed by atoms with E-state index in [1.807, 2.05) is 31.2 Å². The number of ether oxygens (including phenoxy) is 1. The third kappa shape index (κ3) is 4.82. The second-order valence-electron chi connectivity index (χ2n) is 3.79. The van der Waals surface area contributed by atoms with Gasteiger partial charge in [-0.05, 0) is 31.9 Å². The summed E-state index contributed by atoms with van der Waals surface area (Å²) in [6.07, 6.45) is 2.35. The van der Waals surface area contributed by atoms with Gasteiger partial charge in [-0.3, -0.25) is 4.79 Å². The quantitative estimate of drug-likeness (QED) is 0.748. The number of carbonyl (C=O) groups excluding carboxylic acids is 1. The molecule has 0 aliphatic rings. The first kappa shape index (κ1) is 12.6. The van der Waals surface area contributed by atoms with Crippen LogP contribution in [0.4, 0.5) is 0 Å². The molecule has 0 saturated carbocycles. The molecule has 0 unspecified atom stereocenters. The summed E-state index contributed by atoms with van der Waals surface area (Å²) in [5.74, 6) is 0.987. The molecule has 1 amide bonds. The number of unbranched alkanes of at least 4 members (excludes halogenated alkanes) is 1. The Morgan fingerprint density at radius 1 is 1.25 bits per heavy atom. The minimum absolute atomic E-state index is 0.0929. The molecule has 88 valence electrons. The summed E-state index contributed by atoms with van der Waals surface area (Å²) in [7, 11) is 1.66. The molecule has 0 aliphatic heterocycles. The molecule has 0 aromatic heterocycles. The van der Waals surface area contributed by atoms with E-state index < -0.39 is 0 Å². The highest BCUT2D eigenvalue weighted by atomic mass is 16.5. The van der Waals surface area contributed by atoms with E-state index in [1.165, 1.54) is 5.56 Å². The summed E-state index contributed by atoms with van der Waals surface area (Å²) in [5.41, 5.74) is 1.23. The first-order valence-electron chi connectivity index (χ1n) is 5.62. The second kappa shape index (κ2) is 6.88. The van der Waals surface area contributed by atoms with Crippen molar-refractivity contribution in [2.24, 2.45) is 0 Å². The van der Waals surface area contributed by atoms with Crippen molar-refractivity contribution in [2.75, 3.05) is 13.7 Å². The van der Waals surface area contributed by atoms with E-state index in [4.69, 9.17) is 4.74 Å². The van der Waals surface area contributed by atoms with Crippen LogP contribution < -0.4 is 10.1 Å². The average molecular weight is 221 g/mol. The molecule has 1 aromatic carbocycles. The van der Waals surface area contributed by atoms with Crippen molar-refractivity contribution in [3.05, 3.63) is 29.8 Å². The monoisotopic (exact) mass is 221 g/mol. The van der Waals surface area contributed by atoms with Crippen molar-refractivity contribution >= 4 is 5.91 Å². The highest BCUT2D eigenvalue weighted by Crippen LogP contribution is 2.11. The van der Waals surface area contributed by atoms with Gasteiger partial charge in [-0.2, -0.15) is 0 Å². The van der Waals surface area contributed by atoms with Gasteiger partial charge in [-0.25, -0.2) is 0 Å². The van der Waals surface area contributed by atoms with Gasteiger partial charge in [0.1, 0.15) is 5.75 Å². The summed E-state index contributed by atoms with van der Waals surface area (Å²) in [5, 5.41) is 2.60. The van der Waals surface area contributed by atoms with Gasteiger partial charge in [0.25, 0.3) is 0 Å². The van der Waals surface area contributed by atoms with Gasteiger partial charge >= 0.3 is 0 Å². The molecule has 0 fully saturated rings. The molecule has 0 radical (unpaired) electrons. The largest absolute Gasteiger partial charge is 0.494 e. The Morgan fingerprint density at radius 2 is 1.94 bits per heavy atom. The Bertz CT molecular complexity index is 319. The molecule has 0 saturated heterocycles. The van der Waals surface area contributed by atoms with Gasteiger partial charge in [0.05, 0.1) is 6.61 Å². The number of aryl methyl sites for hydroxylation is 1. The molecule has 0 atom stereocenters. The summed E-state index contributed by atoms with van der Waals surface area (Å²) < 4.78 is 5.54. The van der Waals surface area contributed by atoms with Gasteiger partial charge in [-0.1, -0.05) is 17.7 Å². The van der Waals surface area contributed by atoms with Crippen LogP contribution in [-0.4, -0.2) is 19.6 Å². The maximum atomic E-state index is 10.9. The van der Waals surface area contributed by atoms with Crippen molar-refractivity contribution in [3.8, 4) is 5.75 Å². The SMILES string of the molecule is CNC(=O)CCCCOc1ccc(C)cc1. The lowest BCUT2D eigenvalue weighted by Crippen LogP contribution is -2.17. The Balaban J connectivity index is 2.11. The number of hydrogen-bond donors (Lipinski definition) is 1. The van der Waals surface area contributed by atoms with Crippen LogP contribution in [0.25, 0.3) is 0 Å². The predicted octanol–water partition coefficient (Wildman–Crippen LogP) is 2.29. The molecule has 3 nitrogen and oxygen atoms in total. The molecule has 16 heavy (non-hydrogen) atoms. The fraction of sp³-hybridized carbons (Fsp3) is 0.462. The maximum Gasteiger partial charge on any atom is 0.219 e. The van der Waals surface area contributed by atoms with E-state index in [1.54, 1.807) is 7.05 Å². The number of nitrogens with one attached hydrogen (secondary N) is 1. The lowest BCUT2D eigenvalue weighted by Gasteiger charge is -2.05. The van der Waals surface area contributed by atoms with Crippen molar-refractivity contribution in [1.82, 2.24) is 5.32 Å². The predicted molar refractivity (Wildman–Crippen MR) is 64.6 cm³/mol. The van der Waals surface area contributed by atoms with Crippen molar-refractivity contribution in [2.45, 2.75) is 26.2 Å². The minimum Gasteiger partial charge on any atom is -0.494 e. The Morgan fingerprint density at radius 3 is 2.56 bits per heavy atom. The molecule has 0 heterocycles. The molecular formula is C13H19NO2. The van der Waals surface area contributed by atoms with Crippen molar-refractivity contribution < 1.29 is 9.53 Å². The van der Waals surface area contributed by atoms with Crippen molar-refractivity contribution in [3.63, 3.8) is 0 Å². The summed E-state index contributed by atoms with van der Waals surface area (Å²) in [4.78, 5) is 10.9. The van der Waals surface area contributed by atoms with Gasteiger partial charge in [0, 0.05) is 13.5 Å². The summed E-state index contributed by atoms with van der Waals surface area (Å²) in [6.45, 7) is 2.72. The topological polar surface area (TPSA) is 38.3 Å². The molecular weight excluding hydrogens is 202 g/mol. The molecule has 1 aromatic rings. The molecule has 0 spiro atoms. The van der Waals surface area contributed by atoms with Gasteiger partial charge in [-0.15, -0.1) is 0 Å². The Kier molecular flexibility index (Phi) is 5.40. The number of benzene rings is 1. The molecule has 0 bridgehead atoms. The maximum absolute atomic E-state index is 10.9. The van der Waals surface area contributed by atoms with E-state index in [0.29, 0.717) is 13.0 Å². The molecule has 1 N–H and O–H groups in total. The van der Waals surface area contributed by atoms with E-state index in [2.05, 4.69) is 5.32 Å². The van der Waals surface area contributed by atoms with Crippen LogP contribution >= 0.6 is 0 Å². The van der Waals surface area contributed by atoms with Crippen LogP contribution in [0.5, 0.6) is 5.75 Å². The number of hydrogen-bond acceptors (Lipinski definition) is 2. The number of amides is 1. The zero-order chi connectivity index (χ0) is 11.8. The van der Waals surface area contributed by atoms with Crippen LogP contribution in [-0.2, 0) is 4.79 Å². The number of carbonyl (C=O) groups is 1. The lowest BCUT2D eigenvalue weighted by atomic mass is 10.2. The van der Waals surface area contributed by atoms with Crippen LogP contribution in [0.2, 0.25) is 0 Å². The summed E-state index contributed by atoms with van der Waals surface area (Å²) in [6, 6.07) is 7.99. The normalized spacial score (nSPS) is 9.88. The fourth-order valence-electron chi connectivity index (χ4n) is 1.34. The molecule has 0 aliphatic carbocycles. The highest BCUT2D eigenvalue weighted by molar-refractivity contribution is 5.75. The van der Waals surface area contributed by atoms with E-state index in [0.717, 1.165) is 18.6 Å². The van der Waals surface area contributed by atoms with E-state index in [9.17, 15) is 4.79 Å². The zero-order valence-electron chi connectivity index (χ0n) is 9.95. The van der Waals surface area contributed by atoms with E-state index in [-0.39, 0.29) is 5.91 Å². The van der Waals surface area contributed by atoms with Gasteiger partial charge < -0.3 is 10.1 Å². The van der Waals surface area contributed by atoms with Gasteiger partial charge in [0.2, 0.25) is 5.91 Å². The lowest BCUT2D eigenvalue weighted by molar-refractivity contribution is -0.120. The van der Waals surface area contributed by atoms with Crippen LogP contribution in [0.3, 0.4) is 0 Å². The zero-order valence-corrected chi connectivity index (χ0v) is 9.95. The Hall–Kier alpha value is -1.51. The standard InChI is InChI=1S/C13H19NO2/c1-11-6-8-12(9-7-11)16-10-4-3-5-13(15)14-2/h6-9H,3-5,10H2,1-2H3,(H,14,15). The van der Waals surface area contributed by atoms with Crippen LogP contribution in [0, 0.1) is 6.92 Å². The molecule has 3 heteroatoms. The third-order valence-electron chi connectivity index (χ3n) is 2.37. The number of rotatable bonds is 6. The summed E-state index contributed by atoms with van der Waals surface area (Å²) >= 11 is 0. The van der Waals surface area contributed by atoms with E-state index >= 15 is 0 Å². The first-order chi connectivity index (χ1) is 7.72.